The average molecular weight is 460 g/mol. The van der Waals surface area contributed by atoms with Gasteiger partial charge < -0.3 is 23.9 Å². The van der Waals surface area contributed by atoms with E-state index in [1.54, 1.807) is 48.5 Å². The van der Waals surface area contributed by atoms with E-state index in [4.69, 9.17) is 9.47 Å². The average Bonchev–Trinajstić information content (AvgIpc) is 2.84. The number of fused-ring (bicyclic) bond motifs is 1. The number of amides is 1. The highest BCUT2D eigenvalue weighted by atomic mass is 16.5. The number of anilines is 1. The second-order valence-corrected chi connectivity index (χ2v) is 7.89. The molecule has 4 rings (SSSR count). The lowest BCUT2D eigenvalue weighted by molar-refractivity contribution is 0.102. The Morgan fingerprint density at radius 2 is 1.41 bits per heavy atom. The number of hydrogen-bond acceptors (Lipinski definition) is 5. The molecule has 3 aromatic carbocycles. The van der Waals surface area contributed by atoms with Crippen molar-refractivity contribution in [2.24, 2.45) is 14.1 Å². The normalized spacial score (nSPS) is 10.8. The number of aryl methyl sites for hydroxylation is 3. The summed E-state index contributed by atoms with van der Waals surface area (Å²) in [4.78, 5) is 37.7. The minimum Gasteiger partial charge on any atom is -0.494 e. The third-order valence-electron chi connectivity index (χ3n) is 5.52. The topological polar surface area (TPSA) is 91.6 Å². The summed E-state index contributed by atoms with van der Waals surface area (Å²) in [5, 5.41) is 2.88. The zero-order valence-electron chi connectivity index (χ0n) is 19.4. The monoisotopic (exact) mass is 459 g/mol. The van der Waals surface area contributed by atoms with Crippen molar-refractivity contribution in [3.63, 3.8) is 0 Å². The minimum atomic E-state index is -0.661. The number of nitrogens with one attached hydrogen (secondary N) is 1. The third-order valence-corrected chi connectivity index (χ3v) is 5.52. The maximum atomic E-state index is 12.9. The first kappa shape index (κ1) is 22.8. The van der Waals surface area contributed by atoms with Crippen molar-refractivity contribution >= 4 is 22.6 Å². The van der Waals surface area contributed by atoms with Crippen LogP contribution in [0.3, 0.4) is 0 Å². The number of hydrogen-bond donors (Lipinski definition) is 1. The van der Waals surface area contributed by atoms with Gasteiger partial charge in [-0.25, -0.2) is 0 Å². The highest BCUT2D eigenvalue weighted by Gasteiger charge is 2.17. The van der Waals surface area contributed by atoms with Gasteiger partial charge in [-0.05, 0) is 56.3 Å². The number of nitrogens with zero attached hydrogens (tertiary/aromatic N) is 2. The molecule has 0 aliphatic carbocycles. The molecule has 0 unspecified atom stereocenters. The van der Waals surface area contributed by atoms with Crippen molar-refractivity contribution in [2.75, 3.05) is 11.9 Å². The summed E-state index contributed by atoms with van der Waals surface area (Å²) in [6.45, 7) is 4.39. The Bertz CT molecular complexity index is 1480. The Morgan fingerprint density at radius 1 is 0.853 bits per heavy atom. The first-order valence-electron chi connectivity index (χ1n) is 10.8. The van der Waals surface area contributed by atoms with Crippen LogP contribution in [-0.2, 0) is 14.1 Å². The number of rotatable bonds is 6. The van der Waals surface area contributed by atoms with Crippen LogP contribution < -0.4 is 25.9 Å². The lowest BCUT2D eigenvalue weighted by atomic mass is 10.1. The van der Waals surface area contributed by atoms with Crippen molar-refractivity contribution in [1.82, 2.24) is 9.13 Å². The number of ether oxygens (including phenoxy) is 2. The smallest absolute Gasteiger partial charge is 0.316 e. The highest BCUT2D eigenvalue weighted by Crippen LogP contribution is 2.34. The van der Waals surface area contributed by atoms with Gasteiger partial charge >= 0.3 is 11.1 Å². The Morgan fingerprint density at radius 3 is 2.00 bits per heavy atom. The fourth-order valence-corrected chi connectivity index (χ4v) is 3.58. The summed E-state index contributed by atoms with van der Waals surface area (Å²) in [7, 11) is 3.04. The summed E-state index contributed by atoms with van der Waals surface area (Å²) >= 11 is 0. The Labute approximate surface area is 196 Å². The fraction of sp³-hybridized carbons (Fsp3) is 0.192. The summed E-state index contributed by atoms with van der Waals surface area (Å²) < 4.78 is 14.1. The summed E-state index contributed by atoms with van der Waals surface area (Å²) in [6, 6.07) is 17.5. The van der Waals surface area contributed by atoms with Crippen molar-refractivity contribution in [3.05, 3.63) is 92.5 Å². The van der Waals surface area contributed by atoms with E-state index in [1.807, 2.05) is 26.0 Å². The molecule has 4 aromatic rings. The van der Waals surface area contributed by atoms with Crippen LogP contribution >= 0.6 is 0 Å². The van der Waals surface area contributed by atoms with Gasteiger partial charge in [0.25, 0.3) is 5.91 Å². The van der Waals surface area contributed by atoms with E-state index in [0.717, 1.165) is 5.56 Å². The lowest BCUT2D eigenvalue weighted by Crippen LogP contribution is -2.39. The van der Waals surface area contributed by atoms with Gasteiger partial charge in [0.15, 0.2) is 5.75 Å². The van der Waals surface area contributed by atoms with Crippen molar-refractivity contribution in [3.8, 4) is 17.2 Å². The van der Waals surface area contributed by atoms with Crippen LogP contribution in [-0.4, -0.2) is 21.6 Å². The van der Waals surface area contributed by atoms with E-state index < -0.39 is 11.1 Å². The molecule has 0 radical (unpaired) electrons. The molecule has 1 amide bonds. The van der Waals surface area contributed by atoms with Gasteiger partial charge in [0, 0.05) is 25.7 Å². The predicted molar refractivity (Wildman–Crippen MR) is 131 cm³/mol. The minimum absolute atomic E-state index is 0.325. The molecule has 0 fully saturated rings. The Balaban J connectivity index is 1.81. The van der Waals surface area contributed by atoms with Crippen LogP contribution in [0.25, 0.3) is 11.0 Å². The molecule has 174 valence electrons. The summed E-state index contributed by atoms with van der Waals surface area (Å²) in [5.74, 6) is 1.22. The van der Waals surface area contributed by atoms with E-state index in [9.17, 15) is 14.4 Å². The van der Waals surface area contributed by atoms with Gasteiger partial charge in [-0.15, -0.1) is 0 Å². The van der Waals surface area contributed by atoms with Crippen molar-refractivity contribution in [1.29, 1.82) is 0 Å². The standard InChI is InChI=1S/C26H25N3O5/c1-5-33-18-10-12-19(13-11-18)34-23-15-22-21(28(3)25(31)26(32)29(22)4)14-20(23)27-24(30)17-8-6-16(2)7-9-17/h6-15H,5H2,1-4H3,(H,27,30). The molecular weight excluding hydrogens is 434 g/mol. The van der Waals surface area contributed by atoms with E-state index in [1.165, 1.54) is 23.2 Å². The Hall–Kier alpha value is -4.33. The number of benzene rings is 3. The first-order valence-corrected chi connectivity index (χ1v) is 10.8. The number of carbonyl (C=O) groups is 1. The number of carbonyl (C=O) groups excluding carboxylic acids is 1. The predicted octanol–water partition coefficient (Wildman–Crippen LogP) is 3.99. The summed E-state index contributed by atoms with van der Waals surface area (Å²) in [5.41, 5.74) is 1.53. The van der Waals surface area contributed by atoms with E-state index >= 15 is 0 Å². The quantitative estimate of drug-likeness (QED) is 0.440. The molecule has 0 aliphatic heterocycles. The van der Waals surface area contributed by atoms with Gasteiger partial charge in [0.1, 0.15) is 11.5 Å². The van der Waals surface area contributed by atoms with Gasteiger partial charge in [-0.2, -0.15) is 0 Å². The molecule has 0 saturated heterocycles. The van der Waals surface area contributed by atoms with E-state index in [0.29, 0.717) is 46.1 Å². The molecule has 1 aromatic heterocycles. The molecule has 0 spiro atoms. The molecular formula is C26H25N3O5. The van der Waals surface area contributed by atoms with Crippen LogP contribution in [0.15, 0.2) is 70.3 Å². The largest absolute Gasteiger partial charge is 0.494 e. The fourth-order valence-electron chi connectivity index (χ4n) is 3.58. The Kier molecular flexibility index (Phi) is 6.23. The zero-order valence-corrected chi connectivity index (χ0v) is 19.4. The van der Waals surface area contributed by atoms with Crippen molar-refractivity contribution < 1.29 is 14.3 Å². The van der Waals surface area contributed by atoms with Gasteiger partial charge in [0.2, 0.25) is 0 Å². The SMILES string of the molecule is CCOc1ccc(Oc2cc3c(cc2NC(=O)c2ccc(C)cc2)n(C)c(=O)c(=O)n3C)cc1. The van der Waals surface area contributed by atoms with Crippen LogP contribution in [0.5, 0.6) is 17.2 Å². The lowest BCUT2D eigenvalue weighted by Gasteiger charge is -2.17. The molecule has 0 bridgehead atoms. The second-order valence-electron chi connectivity index (χ2n) is 7.89. The van der Waals surface area contributed by atoms with Crippen LogP contribution in [0.2, 0.25) is 0 Å². The molecule has 0 atom stereocenters. The molecule has 8 nitrogen and oxygen atoms in total. The van der Waals surface area contributed by atoms with Gasteiger partial charge in [-0.1, -0.05) is 17.7 Å². The number of aromatic nitrogens is 2. The van der Waals surface area contributed by atoms with Gasteiger partial charge in [-0.3, -0.25) is 14.4 Å². The molecule has 1 N–H and O–H groups in total. The summed E-state index contributed by atoms with van der Waals surface area (Å²) in [6.07, 6.45) is 0. The van der Waals surface area contributed by atoms with Crippen molar-refractivity contribution in [2.45, 2.75) is 13.8 Å². The third kappa shape index (κ3) is 4.43. The van der Waals surface area contributed by atoms with Crippen LogP contribution in [0, 0.1) is 6.92 Å². The van der Waals surface area contributed by atoms with Gasteiger partial charge in [0.05, 0.1) is 23.3 Å². The molecule has 0 saturated carbocycles. The molecule has 34 heavy (non-hydrogen) atoms. The maximum Gasteiger partial charge on any atom is 0.316 e. The highest BCUT2D eigenvalue weighted by molar-refractivity contribution is 6.06. The van der Waals surface area contributed by atoms with Crippen LogP contribution in [0.4, 0.5) is 5.69 Å². The van der Waals surface area contributed by atoms with E-state index in [-0.39, 0.29) is 5.91 Å². The van der Waals surface area contributed by atoms with E-state index in [2.05, 4.69) is 5.32 Å². The maximum absolute atomic E-state index is 12.9. The van der Waals surface area contributed by atoms with Crippen LogP contribution in [0.1, 0.15) is 22.8 Å². The first-order chi connectivity index (χ1) is 16.3. The molecule has 0 aliphatic rings. The molecule has 1 heterocycles. The second kappa shape index (κ2) is 9.27. The molecule has 8 heteroatoms. The zero-order chi connectivity index (χ0) is 24.4.